The van der Waals surface area contributed by atoms with E-state index in [1.807, 2.05) is 0 Å². The molecule has 0 amide bonds. The molecule has 0 unspecified atom stereocenters. The summed E-state index contributed by atoms with van der Waals surface area (Å²) in [4.78, 5) is 11.7. The van der Waals surface area contributed by atoms with E-state index in [1.54, 1.807) is 13.2 Å². The Morgan fingerprint density at radius 3 is 2.42 bits per heavy atom. The Bertz CT molecular complexity index is 603. The fourth-order valence-corrected chi connectivity index (χ4v) is 1.71. The average molecular weight is 266 g/mol. The van der Waals surface area contributed by atoms with Gasteiger partial charge in [-0.05, 0) is 23.8 Å². The van der Waals surface area contributed by atoms with E-state index in [0.29, 0.717) is 5.69 Å². The Morgan fingerprint density at radius 1 is 1.26 bits per heavy atom. The predicted molar refractivity (Wildman–Crippen MR) is 65.3 cm³/mol. The van der Waals surface area contributed by atoms with Gasteiger partial charge in [-0.2, -0.15) is 0 Å². The van der Waals surface area contributed by atoms with Crippen LogP contribution in [0.5, 0.6) is 0 Å². The number of nitrogen functional groups attached to an aromatic ring is 1. The number of nitrogens with zero attached hydrogens (tertiary/aromatic N) is 1. The van der Waals surface area contributed by atoms with Crippen molar-refractivity contribution in [1.29, 1.82) is 0 Å². The van der Waals surface area contributed by atoms with Crippen molar-refractivity contribution < 1.29 is 18.3 Å². The second-order valence-corrected chi connectivity index (χ2v) is 4.12. The quantitative estimate of drug-likeness (QED) is 0.867. The van der Waals surface area contributed by atoms with Gasteiger partial charge in [0, 0.05) is 19.3 Å². The van der Waals surface area contributed by atoms with E-state index < -0.39 is 17.6 Å². The van der Waals surface area contributed by atoms with Gasteiger partial charge in [0.2, 0.25) is 0 Å². The summed E-state index contributed by atoms with van der Waals surface area (Å²) in [6, 6.07) is 4.43. The van der Waals surface area contributed by atoms with Crippen LogP contribution in [-0.4, -0.2) is 10.5 Å². The maximum Gasteiger partial charge on any atom is 0.355 e. The molecule has 0 saturated carbocycles. The lowest BCUT2D eigenvalue weighted by Gasteiger charge is -2.06. The van der Waals surface area contributed by atoms with E-state index in [9.17, 15) is 13.6 Å². The van der Waals surface area contributed by atoms with E-state index in [0.717, 1.165) is 18.2 Å². The number of aromatic nitrogens is 1. The minimum Gasteiger partial charge on any atom is -0.456 e. The molecule has 0 aliphatic carbocycles. The van der Waals surface area contributed by atoms with Crippen LogP contribution in [0.4, 0.5) is 14.5 Å². The lowest BCUT2D eigenvalue weighted by molar-refractivity contribution is 0.0460. The van der Waals surface area contributed by atoms with Crippen LogP contribution >= 0.6 is 0 Å². The van der Waals surface area contributed by atoms with Gasteiger partial charge in [0.15, 0.2) is 0 Å². The zero-order valence-electron chi connectivity index (χ0n) is 10.2. The largest absolute Gasteiger partial charge is 0.456 e. The van der Waals surface area contributed by atoms with Crippen LogP contribution in [0.2, 0.25) is 0 Å². The van der Waals surface area contributed by atoms with Crippen molar-refractivity contribution in [1.82, 2.24) is 4.57 Å². The first-order valence-corrected chi connectivity index (χ1v) is 5.49. The normalized spacial score (nSPS) is 10.5. The van der Waals surface area contributed by atoms with Gasteiger partial charge in [0.05, 0.1) is 5.69 Å². The third-order valence-corrected chi connectivity index (χ3v) is 2.53. The van der Waals surface area contributed by atoms with Crippen molar-refractivity contribution in [3.8, 4) is 0 Å². The van der Waals surface area contributed by atoms with Crippen LogP contribution in [-0.2, 0) is 18.4 Å². The van der Waals surface area contributed by atoms with Crippen LogP contribution in [0.25, 0.3) is 0 Å². The molecule has 100 valence electrons. The monoisotopic (exact) mass is 266 g/mol. The van der Waals surface area contributed by atoms with E-state index in [-0.39, 0.29) is 17.9 Å². The fourth-order valence-electron chi connectivity index (χ4n) is 1.71. The van der Waals surface area contributed by atoms with Crippen LogP contribution in [0.3, 0.4) is 0 Å². The van der Waals surface area contributed by atoms with Gasteiger partial charge in [-0.15, -0.1) is 0 Å². The van der Waals surface area contributed by atoms with Crippen LogP contribution in [0, 0.1) is 11.6 Å². The van der Waals surface area contributed by atoms with Gasteiger partial charge >= 0.3 is 5.97 Å². The molecule has 1 aromatic carbocycles. The van der Waals surface area contributed by atoms with E-state index in [4.69, 9.17) is 10.5 Å². The second kappa shape index (κ2) is 5.09. The molecule has 0 radical (unpaired) electrons. The van der Waals surface area contributed by atoms with Crippen molar-refractivity contribution >= 4 is 11.7 Å². The molecule has 0 aliphatic rings. The molecule has 19 heavy (non-hydrogen) atoms. The summed E-state index contributed by atoms with van der Waals surface area (Å²) in [6.45, 7) is -0.210. The highest BCUT2D eigenvalue weighted by Gasteiger charge is 2.13. The number of anilines is 1. The van der Waals surface area contributed by atoms with Gasteiger partial charge in [-0.1, -0.05) is 0 Å². The number of carbonyl (C=O) groups is 1. The minimum atomic E-state index is -0.714. The molecule has 0 spiro atoms. The molecular formula is C13H12F2N2O2. The molecule has 2 rings (SSSR count). The third kappa shape index (κ3) is 3.09. The number of rotatable bonds is 3. The number of hydrogen-bond acceptors (Lipinski definition) is 3. The average Bonchev–Trinajstić information content (AvgIpc) is 2.64. The molecule has 1 heterocycles. The highest BCUT2D eigenvalue weighted by Crippen LogP contribution is 2.13. The van der Waals surface area contributed by atoms with Gasteiger partial charge in [-0.25, -0.2) is 13.6 Å². The summed E-state index contributed by atoms with van der Waals surface area (Å²) in [5.74, 6) is -2.04. The lowest BCUT2D eigenvalue weighted by Crippen LogP contribution is -2.09. The summed E-state index contributed by atoms with van der Waals surface area (Å²) in [7, 11) is 1.65. The predicted octanol–water partition coefficient (Wildman–Crippen LogP) is 2.24. The Labute approximate surface area is 108 Å². The standard InChI is InChI=1S/C13H12F2N2O2/c1-17-6-11(16)5-12(17)13(18)19-7-8-2-9(14)4-10(15)3-8/h2-6H,7,16H2,1H3. The Balaban J connectivity index is 2.06. The van der Waals surface area contributed by atoms with E-state index >= 15 is 0 Å². The highest BCUT2D eigenvalue weighted by atomic mass is 19.1. The van der Waals surface area contributed by atoms with Gasteiger partial charge in [-0.3, -0.25) is 0 Å². The smallest absolute Gasteiger partial charge is 0.355 e. The number of hydrogen-bond donors (Lipinski definition) is 1. The number of carbonyl (C=O) groups excluding carboxylic acids is 1. The summed E-state index contributed by atoms with van der Waals surface area (Å²) in [5, 5.41) is 0. The summed E-state index contributed by atoms with van der Waals surface area (Å²) < 4.78 is 32.4. The Kier molecular flexibility index (Phi) is 3.50. The second-order valence-electron chi connectivity index (χ2n) is 4.12. The number of aryl methyl sites for hydroxylation is 1. The molecule has 2 N–H and O–H groups in total. The van der Waals surface area contributed by atoms with Crippen LogP contribution < -0.4 is 5.73 Å². The molecule has 0 fully saturated rings. The first-order valence-electron chi connectivity index (χ1n) is 5.49. The molecular weight excluding hydrogens is 254 g/mol. The first-order chi connectivity index (χ1) is 8.95. The Hall–Kier alpha value is -2.37. The number of esters is 1. The molecule has 0 bridgehead atoms. The number of ether oxygens (including phenoxy) is 1. The van der Waals surface area contributed by atoms with Crippen molar-refractivity contribution in [2.24, 2.45) is 7.05 Å². The molecule has 0 aliphatic heterocycles. The summed E-state index contributed by atoms with van der Waals surface area (Å²) in [5.41, 5.74) is 6.49. The Morgan fingerprint density at radius 2 is 1.89 bits per heavy atom. The summed E-state index contributed by atoms with van der Waals surface area (Å²) in [6.07, 6.45) is 1.57. The molecule has 0 atom stereocenters. The number of halogens is 2. The van der Waals surface area contributed by atoms with Crippen LogP contribution in [0.15, 0.2) is 30.5 Å². The lowest BCUT2D eigenvalue weighted by atomic mass is 10.2. The molecule has 6 heteroatoms. The molecule has 2 aromatic rings. The molecule has 4 nitrogen and oxygen atoms in total. The van der Waals surface area contributed by atoms with E-state index in [1.165, 1.54) is 10.6 Å². The zero-order valence-corrected chi connectivity index (χ0v) is 10.2. The van der Waals surface area contributed by atoms with Crippen molar-refractivity contribution in [2.45, 2.75) is 6.61 Å². The fraction of sp³-hybridized carbons (Fsp3) is 0.154. The third-order valence-electron chi connectivity index (χ3n) is 2.53. The van der Waals surface area contributed by atoms with Crippen LogP contribution in [0.1, 0.15) is 16.1 Å². The number of benzene rings is 1. The molecule has 0 saturated heterocycles. The summed E-state index contributed by atoms with van der Waals surface area (Å²) >= 11 is 0. The van der Waals surface area contributed by atoms with Crippen molar-refractivity contribution in [2.75, 3.05) is 5.73 Å². The van der Waals surface area contributed by atoms with E-state index in [2.05, 4.69) is 0 Å². The van der Waals surface area contributed by atoms with Gasteiger partial charge in [0.1, 0.15) is 23.9 Å². The zero-order chi connectivity index (χ0) is 14.0. The topological polar surface area (TPSA) is 57.2 Å². The van der Waals surface area contributed by atoms with Crippen molar-refractivity contribution in [3.63, 3.8) is 0 Å². The maximum atomic E-state index is 12.9. The van der Waals surface area contributed by atoms with Gasteiger partial charge < -0.3 is 15.0 Å². The highest BCUT2D eigenvalue weighted by molar-refractivity contribution is 5.89. The minimum absolute atomic E-state index is 0.210. The SMILES string of the molecule is Cn1cc(N)cc1C(=O)OCc1cc(F)cc(F)c1. The number of nitrogens with two attached hydrogens (primary N) is 1. The first kappa shape index (κ1) is 13.1. The molecule has 1 aromatic heterocycles. The van der Waals surface area contributed by atoms with Crippen molar-refractivity contribution in [3.05, 3.63) is 53.4 Å². The maximum absolute atomic E-state index is 12.9. The van der Waals surface area contributed by atoms with Gasteiger partial charge in [0.25, 0.3) is 0 Å².